The van der Waals surface area contributed by atoms with Crippen molar-refractivity contribution < 1.29 is 9.15 Å². The highest BCUT2D eigenvalue weighted by Crippen LogP contribution is 2.38. The average Bonchev–Trinajstić information content (AvgIpc) is 2.66. The van der Waals surface area contributed by atoms with Crippen molar-refractivity contribution in [2.75, 3.05) is 7.11 Å². The standard InChI is InChI=1S/C14H19NO2/c1-14(2,3)12-9-6-5-7-10(16-4)13(9)17-11(12)8-15/h5-7H,8,15H2,1-4H3. The van der Waals surface area contributed by atoms with Gasteiger partial charge in [-0.1, -0.05) is 32.9 Å². The maximum Gasteiger partial charge on any atom is 0.176 e. The number of nitrogens with two attached hydrogens (primary N) is 1. The highest BCUT2D eigenvalue weighted by molar-refractivity contribution is 5.88. The second-order valence-corrected chi connectivity index (χ2v) is 5.19. The van der Waals surface area contributed by atoms with Gasteiger partial charge in [-0.05, 0) is 11.5 Å². The molecule has 0 aliphatic carbocycles. The van der Waals surface area contributed by atoms with Gasteiger partial charge in [-0.3, -0.25) is 0 Å². The Kier molecular flexibility index (Phi) is 2.87. The molecule has 2 N–H and O–H groups in total. The van der Waals surface area contributed by atoms with E-state index < -0.39 is 0 Å². The van der Waals surface area contributed by atoms with Crippen LogP contribution in [0.25, 0.3) is 11.0 Å². The van der Waals surface area contributed by atoms with Crippen LogP contribution in [0, 0.1) is 0 Å². The van der Waals surface area contributed by atoms with Crippen LogP contribution in [0.4, 0.5) is 0 Å². The summed E-state index contributed by atoms with van der Waals surface area (Å²) in [5.74, 6) is 1.60. The lowest BCUT2D eigenvalue weighted by molar-refractivity contribution is 0.407. The predicted molar refractivity (Wildman–Crippen MR) is 69.4 cm³/mol. The molecule has 0 aliphatic heterocycles. The van der Waals surface area contributed by atoms with E-state index in [4.69, 9.17) is 14.9 Å². The van der Waals surface area contributed by atoms with Gasteiger partial charge in [-0.2, -0.15) is 0 Å². The summed E-state index contributed by atoms with van der Waals surface area (Å²) >= 11 is 0. The zero-order valence-corrected chi connectivity index (χ0v) is 10.8. The van der Waals surface area contributed by atoms with Crippen LogP contribution in [0.5, 0.6) is 5.75 Å². The van der Waals surface area contributed by atoms with Gasteiger partial charge < -0.3 is 14.9 Å². The van der Waals surface area contributed by atoms with E-state index in [-0.39, 0.29) is 5.41 Å². The number of methoxy groups -OCH3 is 1. The second-order valence-electron chi connectivity index (χ2n) is 5.19. The van der Waals surface area contributed by atoms with Gasteiger partial charge in [0.05, 0.1) is 13.7 Å². The molecule has 3 heteroatoms. The van der Waals surface area contributed by atoms with Crippen molar-refractivity contribution in [2.24, 2.45) is 5.73 Å². The van der Waals surface area contributed by atoms with Crippen molar-refractivity contribution in [1.29, 1.82) is 0 Å². The normalized spacial score (nSPS) is 12.1. The zero-order valence-electron chi connectivity index (χ0n) is 10.8. The molecule has 0 radical (unpaired) electrons. The van der Waals surface area contributed by atoms with E-state index in [0.29, 0.717) is 6.54 Å². The summed E-state index contributed by atoms with van der Waals surface area (Å²) in [6.07, 6.45) is 0. The Morgan fingerprint density at radius 3 is 2.53 bits per heavy atom. The highest BCUT2D eigenvalue weighted by atomic mass is 16.5. The third kappa shape index (κ3) is 1.91. The van der Waals surface area contributed by atoms with E-state index in [9.17, 15) is 0 Å². The SMILES string of the molecule is COc1cccc2c(C(C)(C)C)c(CN)oc12. The van der Waals surface area contributed by atoms with Crippen molar-refractivity contribution in [2.45, 2.75) is 32.7 Å². The number of fused-ring (bicyclic) bond motifs is 1. The van der Waals surface area contributed by atoms with Gasteiger partial charge in [0.1, 0.15) is 5.76 Å². The summed E-state index contributed by atoms with van der Waals surface area (Å²) in [4.78, 5) is 0. The van der Waals surface area contributed by atoms with Crippen molar-refractivity contribution in [3.63, 3.8) is 0 Å². The summed E-state index contributed by atoms with van der Waals surface area (Å²) in [6, 6.07) is 5.94. The Morgan fingerprint density at radius 2 is 2.00 bits per heavy atom. The van der Waals surface area contributed by atoms with Crippen LogP contribution >= 0.6 is 0 Å². The van der Waals surface area contributed by atoms with E-state index >= 15 is 0 Å². The largest absolute Gasteiger partial charge is 0.493 e. The predicted octanol–water partition coefficient (Wildman–Crippen LogP) is 3.20. The molecule has 0 amide bonds. The fraction of sp³-hybridized carbons (Fsp3) is 0.429. The number of benzene rings is 1. The lowest BCUT2D eigenvalue weighted by Crippen LogP contribution is -2.14. The number of para-hydroxylation sites is 1. The van der Waals surface area contributed by atoms with E-state index in [1.54, 1.807) is 7.11 Å². The number of ether oxygens (including phenoxy) is 1. The first kappa shape index (κ1) is 12.0. The summed E-state index contributed by atoms with van der Waals surface area (Å²) in [5, 5.41) is 1.09. The van der Waals surface area contributed by atoms with Crippen molar-refractivity contribution >= 4 is 11.0 Å². The van der Waals surface area contributed by atoms with Crippen LogP contribution in [-0.4, -0.2) is 7.11 Å². The van der Waals surface area contributed by atoms with E-state index in [0.717, 1.165) is 22.5 Å². The van der Waals surface area contributed by atoms with Crippen LogP contribution < -0.4 is 10.5 Å². The Bertz CT molecular complexity index is 535. The summed E-state index contributed by atoms with van der Waals surface area (Å²) < 4.78 is 11.2. The molecule has 0 aliphatic rings. The monoisotopic (exact) mass is 233 g/mol. The molecule has 0 saturated heterocycles. The fourth-order valence-electron chi connectivity index (χ4n) is 2.27. The fourth-order valence-corrected chi connectivity index (χ4v) is 2.27. The quantitative estimate of drug-likeness (QED) is 0.866. The molecule has 0 saturated carbocycles. The number of rotatable bonds is 2. The Hall–Kier alpha value is -1.48. The number of hydrogen-bond donors (Lipinski definition) is 1. The molecule has 2 rings (SSSR count). The van der Waals surface area contributed by atoms with Crippen molar-refractivity contribution in [3.05, 3.63) is 29.5 Å². The maximum atomic E-state index is 5.85. The van der Waals surface area contributed by atoms with Crippen molar-refractivity contribution in [3.8, 4) is 5.75 Å². The molecule has 0 bridgehead atoms. The molecule has 92 valence electrons. The highest BCUT2D eigenvalue weighted by Gasteiger charge is 2.25. The van der Waals surface area contributed by atoms with Gasteiger partial charge in [-0.15, -0.1) is 0 Å². The molecule has 1 heterocycles. The van der Waals surface area contributed by atoms with Gasteiger partial charge in [0.25, 0.3) is 0 Å². The van der Waals surface area contributed by atoms with E-state index in [1.807, 2.05) is 12.1 Å². The lowest BCUT2D eigenvalue weighted by atomic mass is 9.85. The first-order chi connectivity index (χ1) is 7.99. The van der Waals surface area contributed by atoms with Crippen molar-refractivity contribution in [1.82, 2.24) is 0 Å². The third-order valence-electron chi connectivity index (χ3n) is 2.91. The molecular weight excluding hydrogens is 214 g/mol. The first-order valence-electron chi connectivity index (χ1n) is 5.78. The van der Waals surface area contributed by atoms with Gasteiger partial charge in [-0.25, -0.2) is 0 Å². The molecule has 0 spiro atoms. The smallest absolute Gasteiger partial charge is 0.176 e. The molecular formula is C14H19NO2. The molecule has 0 atom stereocenters. The molecule has 0 fully saturated rings. The first-order valence-corrected chi connectivity index (χ1v) is 5.78. The van der Waals surface area contributed by atoms with Crippen LogP contribution in [0.3, 0.4) is 0 Å². The molecule has 1 aromatic carbocycles. The maximum absolute atomic E-state index is 5.85. The molecule has 2 aromatic rings. The summed E-state index contributed by atoms with van der Waals surface area (Å²) in [5.41, 5.74) is 7.74. The molecule has 3 nitrogen and oxygen atoms in total. The minimum Gasteiger partial charge on any atom is -0.493 e. The van der Waals surface area contributed by atoms with Gasteiger partial charge in [0.2, 0.25) is 0 Å². The summed E-state index contributed by atoms with van der Waals surface area (Å²) in [7, 11) is 1.65. The van der Waals surface area contributed by atoms with E-state index in [2.05, 4.69) is 26.8 Å². The van der Waals surface area contributed by atoms with Crippen LogP contribution in [0.2, 0.25) is 0 Å². The van der Waals surface area contributed by atoms with Crippen LogP contribution in [-0.2, 0) is 12.0 Å². The number of hydrogen-bond acceptors (Lipinski definition) is 3. The third-order valence-corrected chi connectivity index (χ3v) is 2.91. The lowest BCUT2D eigenvalue weighted by Gasteiger charge is -2.18. The second kappa shape index (κ2) is 4.08. The molecule has 17 heavy (non-hydrogen) atoms. The Balaban J connectivity index is 2.81. The van der Waals surface area contributed by atoms with Gasteiger partial charge in [0, 0.05) is 10.9 Å². The van der Waals surface area contributed by atoms with Crippen LogP contribution in [0.15, 0.2) is 22.6 Å². The van der Waals surface area contributed by atoms with Gasteiger partial charge in [0.15, 0.2) is 11.3 Å². The average molecular weight is 233 g/mol. The number of furan rings is 1. The van der Waals surface area contributed by atoms with Crippen LogP contribution in [0.1, 0.15) is 32.1 Å². The zero-order chi connectivity index (χ0) is 12.6. The molecule has 0 unspecified atom stereocenters. The summed E-state index contributed by atoms with van der Waals surface area (Å²) in [6.45, 7) is 6.90. The topological polar surface area (TPSA) is 48.4 Å². The minimum absolute atomic E-state index is 0.00627. The minimum atomic E-state index is 0.00627. The van der Waals surface area contributed by atoms with E-state index in [1.165, 1.54) is 5.56 Å². The van der Waals surface area contributed by atoms with Gasteiger partial charge >= 0.3 is 0 Å². The molecule has 1 aromatic heterocycles. The Morgan fingerprint density at radius 1 is 1.29 bits per heavy atom. The Labute approximate surface area is 102 Å².